The predicted molar refractivity (Wildman–Crippen MR) is 62.6 cm³/mol. The van der Waals surface area contributed by atoms with Crippen LogP contribution in [0.25, 0.3) is 0 Å². The van der Waals surface area contributed by atoms with Gasteiger partial charge in [0.05, 0.1) is 17.7 Å². The standard InChI is InChI=1S/C13H14N2O2/c1-9(7-14)15-5-4-10-2-3-11(13(16)17)6-12(10)8-15/h2-3,6,9H,4-5,8H2,1H3,(H,16,17). The Morgan fingerprint density at radius 3 is 2.94 bits per heavy atom. The molecule has 1 aromatic rings. The largest absolute Gasteiger partial charge is 0.478 e. The summed E-state index contributed by atoms with van der Waals surface area (Å²) in [4.78, 5) is 13.0. The Morgan fingerprint density at radius 2 is 2.29 bits per heavy atom. The number of hydrogen-bond donors (Lipinski definition) is 1. The highest BCUT2D eigenvalue weighted by Crippen LogP contribution is 2.21. The Hall–Kier alpha value is -1.86. The van der Waals surface area contributed by atoms with Gasteiger partial charge in [0.1, 0.15) is 0 Å². The van der Waals surface area contributed by atoms with E-state index in [-0.39, 0.29) is 6.04 Å². The van der Waals surface area contributed by atoms with Crippen LogP contribution < -0.4 is 0 Å². The molecule has 0 bridgehead atoms. The number of aromatic carboxylic acids is 1. The van der Waals surface area contributed by atoms with Crippen LogP contribution in [0.15, 0.2) is 18.2 Å². The molecule has 1 heterocycles. The lowest BCUT2D eigenvalue weighted by atomic mass is 9.96. The maximum Gasteiger partial charge on any atom is 0.335 e. The van der Waals surface area contributed by atoms with Gasteiger partial charge in [-0.1, -0.05) is 6.07 Å². The molecule has 0 saturated heterocycles. The molecule has 1 aliphatic rings. The van der Waals surface area contributed by atoms with E-state index < -0.39 is 5.97 Å². The maximum absolute atomic E-state index is 10.9. The van der Waals surface area contributed by atoms with Gasteiger partial charge < -0.3 is 5.11 Å². The first-order chi connectivity index (χ1) is 8.11. The number of rotatable bonds is 2. The molecule has 0 fully saturated rings. The molecular formula is C13H14N2O2. The lowest BCUT2D eigenvalue weighted by Gasteiger charge is -2.30. The summed E-state index contributed by atoms with van der Waals surface area (Å²) >= 11 is 0. The number of hydrogen-bond acceptors (Lipinski definition) is 3. The number of benzene rings is 1. The molecule has 0 radical (unpaired) electrons. The highest BCUT2D eigenvalue weighted by atomic mass is 16.4. The van der Waals surface area contributed by atoms with E-state index in [9.17, 15) is 4.79 Å². The van der Waals surface area contributed by atoms with Gasteiger partial charge in [-0.25, -0.2) is 4.79 Å². The summed E-state index contributed by atoms with van der Waals surface area (Å²) < 4.78 is 0. The molecule has 0 aliphatic carbocycles. The minimum atomic E-state index is -0.904. The van der Waals surface area contributed by atoms with E-state index in [1.165, 1.54) is 5.56 Å². The third kappa shape index (κ3) is 2.29. The van der Waals surface area contributed by atoms with Crippen molar-refractivity contribution < 1.29 is 9.90 Å². The van der Waals surface area contributed by atoms with Crippen LogP contribution in [-0.4, -0.2) is 28.6 Å². The summed E-state index contributed by atoms with van der Waals surface area (Å²) in [7, 11) is 0. The summed E-state index contributed by atoms with van der Waals surface area (Å²) in [6.45, 7) is 3.38. The fourth-order valence-corrected chi connectivity index (χ4v) is 2.12. The van der Waals surface area contributed by atoms with Gasteiger partial charge in [-0.05, 0) is 36.6 Å². The zero-order valence-corrected chi connectivity index (χ0v) is 9.68. The first-order valence-corrected chi connectivity index (χ1v) is 5.60. The number of carbonyl (C=O) groups is 1. The van der Waals surface area contributed by atoms with Crippen molar-refractivity contribution in [3.05, 3.63) is 34.9 Å². The Morgan fingerprint density at radius 1 is 1.53 bits per heavy atom. The SMILES string of the molecule is CC(C#N)N1CCc2ccc(C(=O)O)cc2C1. The molecule has 1 atom stereocenters. The van der Waals surface area contributed by atoms with E-state index >= 15 is 0 Å². The van der Waals surface area contributed by atoms with Crippen molar-refractivity contribution in [3.8, 4) is 6.07 Å². The summed E-state index contributed by atoms with van der Waals surface area (Å²) in [5.74, 6) is -0.904. The molecule has 0 amide bonds. The molecule has 4 nitrogen and oxygen atoms in total. The summed E-state index contributed by atoms with van der Waals surface area (Å²) in [5.41, 5.74) is 2.53. The average molecular weight is 230 g/mol. The molecule has 0 aromatic heterocycles. The zero-order chi connectivity index (χ0) is 12.4. The van der Waals surface area contributed by atoms with Crippen LogP contribution in [0.3, 0.4) is 0 Å². The van der Waals surface area contributed by atoms with Gasteiger partial charge >= 0.3 is 5.97 Å². The van der Waals surface area contributed by atoms with E-state index in [1.54, 1.807) is 12.1 Å². The first kappa shape index (κ1) is 11.6. The van der Waals surface area contributed by atoms with E-state index in [0.29, 0.717) is 12.1 Å². The number of nitriles is 1. The molecule has 88 valence electrons. The normalized spacial score (nSPS) is 16.9. The maximum atomic E-state index is 10.9. The molecule has 17 heavy (non-hydrogen) atoms. The topological polar surface area (TPSA) is 64.3 Å². The van der Waals surface area contributed by atoms with Crippen LogP contribution in [0.2, 0.25) is 0 Å². The number of nitrogens with zero attached hydrogens (tertiary/aromatic N) is 2. The molecule has 1 unspecified atom stereocenters. The van der Waals surface area contributed by atoms with Crippen molar-refractivity contribution in [3.63, 3.8) is 0 Å². The average Bonchev–Trinajstić information content (AvgIpc) is 2.36. The highest BCUT2D eigenvalue weighted by Gasteiger charge is 2.21. The lowest BCUT2D eigenvalue weighted by Crippen LogP contribution is -2.36. The number of carboxylic acid groups (broad SMARTS) is 1. The van der Waals surface area contributed by atoms with Gasteiger partial charge in [-0.15, -0.1) is 0 Å². The second-order valence-electron chi connectivity index (χ2n) is 4.31. The predicted octanol–water partition coefficient (Wildman–Crippen LogP) is 1.65. The quantitative estimate of drug-likeness (QED) is 0.839. The van der Waals surface area contributed by atoms with Gasteiger partial charge in [0.25, 0.3) is 0 Å². The second-order valence-corrected chi connectivity index (χ2v) is 4.31. The molecule has 0 saturated carbocycles. The zero-order valence-electron chi connectivity index (χ0n) is 9.68. The highest BCUT2D eigenvalue weighted by molar-refractivity contribution is 5.87. The Bertz CT molecular complexity index is 491. The Balaban J connectivity index is 2.27. The van der Waals surface area contributed by atoms with Gasteiger partial charge in [0, 0.05) is 13.1 Å². The van der Waals surface area contributed by atoms with Crippen molar-refractivity contribution in [2.45, 2.75) is 25.9 Å². The second kappa shape index (κ2) is 4.56. The molecule has 1 N–H and O–H groups in total. The van der Waals surface area contributed by atoms with Gasteiger partial charge in [-0.2, -0.15) is 5.26 Å². The summed E-state index contributed by atoms with van der Waals surface area (Å²) in [6, 6.07) is 7.33. The Kier molecular flexibility index (Phi) is 3.12. The summed E-state index contributed by atoms with van der Waals surface area (Å²) in [5, 5.41) is 17.8. The molecular weight excluding hydrogens is 216 g/mol. The minimum Gasteiger partial charge on any atom is -0.478 e. The molecule has 1 aliphatic heterocycles. The van der Waals surface area contributed by atoms with E-state index in [4.69, 9.17) is 10.4 Å². The molecule has 1 aromatic carbocycles. The van der Waals surface area contributed by atoms with Crippen LogP contribution in [-0.2, 0) is 13.0 Å². The smallest absolute Gasteiger partial charge is 0.335 e. The van der Waals surface area contributed by atoms with Crippen molar-refractivity contribution in [2.75, 3.05) is 6.54 Å². The fraction of sp³-hybridized carbons (Fsp3) is 0.385. The number of carboxylic acids is 1. The monoisotopic (exact) mass is 230 g/mol. The van der Waals surface area contributed by atoms with E-state index in [2.05, 4.69) is 11.0 Å². The van der Waals surface area contributed by atoms with Crippen LogP contribution in [0.4, 0.5) is 0 Å². The van der Waals surface area contributed by atoms with Crippen LogP contribution in [0.5, 0.6) is 0 Å². The van der Waals surface area contributed by atoms with Crippen LogP contribution in [0.1, 0.15) is 28.4 Å². The molecule has 4 heteroatoms. The van der Waals surface area contributed by atoms with E-state index in [1.807, 2.05) is 13.0 Å². The minimum absolute atomic E-state index is 0.128. The third-order valence-corrected chi connectivity index (χ3v) is 3.23. The number of fused-ring (bicyclic) bond motifs is 1. The molecule has 2 rings (SSSR count). The van der Waals surface area contributed by atoms with E-state index in [0.717, 1.165) is 18.5 Å². The van der Waals surface area contributed by atoms with Crippen molar-refractivity contribution in [1.29, 1.82) is 5.26 Å². The Labute approximate surface area is 100 Å². The van der Waals surface area contributed by atoms with Gasteiger partial charge in [0.15, 0.2) is 0 Å². The van der Waals surface area contributed by atoms with Crippen LogP contribution >= 0.6 is 0 Å². The molecule has 0 spiro atoms. The fourth-order valence-electron chi connectivity index (χ4n) is 2.12. The third-order valence-electron chi connectivity index (χ3n) is 3.23. The van der Waals surface area contributed by atoms with Crippen molar-refractivity contribution in [1.82, 2.24) is 4.90 Å². The van der Waals surface area contributed by atoms with Crippen LogP contribution in [0, 0.1) is 11.3 Å². The summed E-state index contributed by atoms with van der Waals surface area (Å²) in [6.07, 6.45) is 0.876. The van der Waals surface area contributed by atoms with Crippen molar-refractivity contribution >= 4 is 5.97 Å². The van der Waals surface area contributed by atoms with Crippen molar-refractivity contribution in [2.24, 2.45) is 0 Å². The first-order valence-electron chi connectivity index (χ1n) is 5.60. The van der Waals surface area contributed by atoms with Gasteiger partial charge in [0.2, 0.25) is 0 Å². The lowest BCUT2D eigenvalue weighted by molar-refractivity contribution is 0.0696. The van der Waals surface area contributed by atoms with Gasteiger partial charge in [-0.3, -0.25) is 4.90 Å².